The Balaban J connectivity index is 1.89. The number of aromatic nitrogens is 1. The molecule has 0 saturated heterocycles. The zero-order chi connectivity index (χ0) is 15.0. The molecule has 3 N–H and O–H groups in total. The van der Waals surface area contributed by atoms with E-state index in [1.165, 1.54) is 6.42 Å². The minimum Gasteiger partial charge on any atom is -0.384 e. The zero-order valence-electron chi connectivity index (χ0n) is 11.9. The molecule has 5 nitrogen and oxygen atoms in total. The summed E-state index contributed by atoms with van der Waals surface area (Å²) in [6, 6.07) is 8.33. The lowest BCUT2D eigenvalue weighted by Gasteiger charge is -2.31. The van der Waals surface area contributed by atoms with Crippen LogP contribution in [-0.2, 0) is 10.0 Å². The third-order valence-corrected chi connectivity index (χ3v) is 5.75. The van der Waals surface area contributed by atoms with Gasteiger partial charge in [0, 0.05) is 11.4 Å². The van der Waals surface area contributed by atoms with E-state index in [0.717, 1.165) is 18.2 Å². The number of pyridine rings is 1. The van der Waals surface area contributed by atoms with Gasteiger partial charge in [-0.2, -0.15) is 0 Å². The number of nitrogens with two attached hydrogens (primary N) is 1. The third kappa shape index (κ3) is 2.87. The van der Waals surface area contributed by atoms with Gasteiger partial charge in [0.25, 0.3) is 0 Å². The maximum atomic E-state index is 12.4. The minimum absolute atomic E-state index is 0.0241. The molecule has 0 aliphatic heterocycles. The van der Waals surface area contributed by atoms with E-state index in [-0.39, 0.29) is 10.9 Å². The van der Waals surface area contributed by atoms with Crippen molar-refractivity contribution in [3.63, 3.8) is 0 Å². The van der Waals surface area contributed by atoms with Crippen molar-refractivity contribution in [3.05, 3.63) is 30.3 Å². The first-order valence-corrected chi connectivity index (χ1v) is 8.63. The van der Waals surface area contributed by atoms with E-state index in [1.807, 2.05) is 6.92 Å². The van der Waals surface area contributed by atoms with E-state index in [9.17, 15) is 8.42 Å². The van der Waals surface area contributed by atoms with E-state index in [2.05, 4.69) is 9.71 Å². The summed E-state index contributed by atoms with van der Waals surface area (Å²) >= 11 is 0. The van der Waals surface area contributed by atoms with Crippen molar-refractivity contribution < 1.29 is 8.42 Å². The Hall–Kier alpha value is -1.66. The van der Waals surface area contributed by atoms with Gasteiger partial charge in [0.1, 0.15) is 5.82 Å². The first kappa shape index (κ1) is 14.3. The third-order valence-electron chi connectivity index (χ3n) is 4.19. The van der Waals surface area contributed by atoms with Gasteiger partial charge in [0.15, 0.2) is 0 Å². The highest BCUT2D eigenvalue weighted by molar-refractivity contribution is 7.89. The summed E-state index contributed by atoms with van der Waals surface area (Å²) in [6.07, 6.45) is 3.40. The molecule has 112 valence electrons. The van der Waals surface area contributed by atoms with Crippen LogP contribution >= 0.6 is 0 Å². The summed E-state index contributed by atoms with van der Waals surface area (Å²) < 4.78 is 27.7. The Morgan fingerprint density at radius 1 is 1.29 bits per heavy atom. The molecule has 1 atom stereocenters. The predicted molar refractivity (Wildman–Crippen MR) is 83.3 cm³/mol. The molecule has 3 rings (SSSR count). The highest BCUT2D eigenvalue weighted by Crippen LogP contribution is 2.30. The number of nitrogen functional groups attached to an aromatic ring is 1. The van der Waals surface area contributed by atoms with Crippen LogP contribution in [0.15, 0.2) is 35.2 Å². The van der Waals surface area contributed by atoms with Crippen molar-refractivity contribution in [3.8, 4) is 0 Å². The maximum Gasteiger partial charge on any atom is 0.240 e. The Morgan fingerprint density at radius 2 is 2.05 bits per heavy atom. The maximum absolute atomic E-state index is 12.4. The molecule has 0 bridgehead atoms. The van der Waals surface area contributed by atoms with Crippen molar-refractivity contribution >= 4 is 26.7 Å². The van der Waals surface area contributed by atoms with E-state index in [1.54, 1.807) is 30.3 Å². The molecule has 1 aromatic carbocycles. The van der Waals surface area contributed by atoms with Crippen molar-refractivity contribution in [2.75, 3.05) is 5.73 Å². The number of sulfonamides is 1. The molecule has 21 heavy (non-hydrogen) atoms. The van der Waals surface area contributed by atoms with E-state index < -0.39 is 10.0 Å². The second-order valence-electron chi connectivity index (χ2n) is 5.69. The lowest BCUT2D eigenvalue weighted by atomic mass is 9.81. The molecule has 1 heterocycles. The second-order valence-corrected chi connectivity index (χ2v) is 7.41. The van der Waals surface area contributed by atoms with Gasteiger partial charge >= 0.3 is 0 Å². The molecule has 0 amide bonds. The van der Waals surface area contributed by atoms with Crippen LogP contribution in [0.3, 0.4) is 0 Å². The summed E-state index contributed by atoms with van der Waals surface area (Å²) in [5.41, 5.74) is 6.32. The average Bonchev–Trinajstić information content (AvgIpc) is 2.35. The molecule has 1 aliphatic carbocycles. The lowest BCUT2D eigenvalue weighted by Crippen LogP contribution is -2.40. The Kier molecular flexibility index (Phi) is 3.59. The normalized spacial score (nSPS) is 17.6. The van der Waals surface area contributed by atoms with Crippen molar-refractivity contribution in [1.82, 2.24) is 9.71 Å². The smallest absolute Gasteiger partial charge is 0.240 e. The molecule has 1 aliphatic rings. The van der Waals surface area contributed by atoms with Crippen molar-refractivity contribution in [2.45, 2.75) is 37.1 Å². The zero-order valence-corrected chi connectivity index (χ0v) is 12.7. The summed E-state index contributed by atoms with van der Waals surface area (Å²) in [7, 11) is -3.49. The van der Waals surface area contributed by atoms with Gasteiger partial charge < -0.3 is 5.73 Å². The number of nitrogens with one attached hydrogen (secondary N) is 1. The topological polar surface area (TPSA) is 85.1 Å². The van der Waals surface area contributed by atoms with Crippen molar-refractivity contribution in [2.24, 2.45) is 5.92 Å². The summed E-state index contributed by atoms with van der Waals surface area (Å²) in [6.45, 7) is 1.94. The SMILES string of the molecule is CC(NS(=O)(=O)c1ccc2nc(N)ccc2c1)C1CCC1. The van der Waals surface area contributed by atoms with Crippen LogP contribution in [0, 0.1) is 5.92 Å². The number of hydrogen-bond donors (Lipinski definition) is 2. The van der Waals surface area contributed by atoms with Gasteiger partial charge in [-0.25, -0.2) is 18.1 Å². The fourth-order valence-corrected chi connectivity index (χ4v) is 3.98. The van der Waals surface area contributed by atoms with E-state index >= 15 is 0 Å². The molecular weight excluding hydrogens is 286 g/mol. The highest BCUT2D eigenvalue weighted by atomic mass is 32.2. The summed E-state index contributed by atoms with van der Waals surface area (Å²) in [5, 5.41) is 0.767. The quantitative estimate of drug-likeness (QED) is 0.907. The van der Waals surface area contributed by atoms with Crippen LogP contribution < -0.4 is 10.5 Å². The fraction of sp³-hybridized carbons (Fsp3) is 0.400. The van der Waals surface area contributed by atoms with Gasteiger partial charge in [-0.3, -0.25) is 0 Å². The lowest BCUT2D eigenvalue weighted by molar-refractivity contribution is 0.260. The van der Waals surface area contributed by atoms with Crippen LogP contribution in [0.2, 0.25) is 0 Å². The molecule has 0 spiro atoms. The molecule has 1 fully saturated rings. The number of nitrogens with zero attached hydrogens (tertiary/aromatic N) is 1. The molecule has 2 aromatic rings. The standard InChI is InChI=1S/C15H19N3O2S/c1-10(11-3-2-4-11)18-21(19,20)13-6-7-14-12(9-13)5-8-15(16)17-14/h5-11,18H,2-4H2,1H3,(H2,16,17). The molecule has 1 unspecified atom stereocenters. The molecule has 1 saturated carbocycles. The first-order valence-electron chi connectivity index (χ1n) is 7.14. The molecule has 0 radical (unpaired) electrons. The van der Waals surface area contributed by atoms with E-state index in [0.29, 0.717) is 17.3 Å². The van der Waals surface area contributed by atoms with Gasteiger partial charge in [-0.1, -0.05) is 6.42 Å². The van der Waals surface area contributed by atoms with Gasteiger partial charge in [-0.05, 0) is 56.0 Å². The number of anilines is 1. The number of hydrogen-bond acceptors (Lipinski definition) is 4. The number of benzene rings is 1. The minimum atomic E-state index is -3.49. The summed E-state index contributed by atoms with van der Waals surface area (Å²) in [5.74, 6) is 0.886. The van der Waals surface area contributed by atoms with Crippen molar-refractivity contribution in [1.29, 1.82) is 0 Å². The fourth-order valence-electron chi connectivity index (χ4n) is 2.64. The number of rotatable bonds is 4. The van der Waals surface area contributed by atoms with Gasteiger partial charge in [-0.15, -0.1) is 0 Å². The Labute approximate surface area is 124 Å². The van der Waals surface area contributed by atoms with Crippen LogP contribution in [0.25, 0.3) is 10.9 Å². The van der Waals surface area contributed by atoms with Crippen LogP contribution in [0.5, 0.6) is 0 Å². The highest BCUT2D eigenvalue weighted by Gasteiger charge is 2.27. The predicted octanol–water partition coefficient (Wildman–Crippen LogP) is 2.28. The second kappa shape index (κ2) is 5.27. The Bertz CT molecular complexity index is 770. The molecular formula is C15H19N3O2S. The first-order chi connectivity index (χ1) is 9.95. The number of fused-ring (bicyclic) bond motifs is 1. The summed E-state index contributed by atoms with van der Waals surface area (Å²) in [4.78, 5) is 4.44. The van der Waals surface area contributed by atoms with Crippen LogP contribution in [0.4, 0.5) is 5.82 Å². The largest absolute Gasteiger partial charge is 0.384 e. The molecule has 6 heteroatoms. The van der Waals surface area contributed by atoms with Crippen LogP contribution in [-0.4, -0.2) is 19.4 Å². The monoisotopic (exact) mass is 305 g/mol. The van der Waals surface area contributed by atoms with Gasteiger partial charge in [0.05, 0.1) is 10.4 Å². The van der Waals surface area contributed by atoms with Crippen LogP contribution in [0.1, 0.15) is 26.2 Å². The average molecular weight is 305 g/mol. The molecule has 1 aromatic heterocycles. The van der Waals surface area contributed by atoms with E-state index in [4.69, 9.17) is 5.73 Å². The Morgan fingerprint density at radius 3 is 2.71 bits per heavy atom. The van der Waals surface area contributed by atoms with Gasteiger partial charge in [0.2, 0.25) is 10.0 Å².